The molecule has 1 aliphatic heterocycles. The molecule has 3 heteroatoms. The molecule has 1 fully saturated rings. The Kier molecular flexibility index (Phi) is 3.12. The van der Waals surface area contributed by atoms with E-state index in [1.54, 1.807) is 0 Å². The van der Waals surface area contributed by atoms with Crippen molar-refractivity contribution in [1.29, 1.82) is 0 Å². The van der Waals surface area contributed by atoms with Gasteiger partial charge in [-0.3, -0.25) is 0 Å². The molecular formula is C7H14NO2. The average molecular weight is 144 g/mol. The lowest BCUT2D eigenvalue weighted by Gasteiger charge is -2.24. The highest BCUT2D eigenvalue weighted by Gasteiger charge is 2.20. The van der Waals surface area contributed by atoms with Gasteiger partial charge in [0.25, 0.3) is 0 Å². The maximum absolute atomic E-state index is 9.19. The number of hydrogen-bond acceptors (Lipinski definition) is 2. The van der Waals surface area contributed by atoms with Crippen LogP contribution in [0, 0.1) is 5.92 Å². The van der Waals surface area contributed by atoms with Crippen molar-refractivity contribution in [2.45, 2.75) is 18.9 Å². The molecule has 1 radical (unpaired) electrons. The Hall–Kier alpha value is -0.120. The highest BCUT2D eigenvalue weighted by molar-refractivity contribution is 4.73. The van der Waals surface area contributed by atoms with Crippen LogP contribution in [0.4, 0.5) is 0 Å². The van der Waals surface area contributed by atoms with Crippen molar-refractivity contribution in [1.82, 2.24) is 5.32 Å². The van der Waals surface area contributed by atoms with Gasteiger partial charge in [0.2, 0.25) is 0 Å². The van der Waals surface area contributed by atoms with Crippen molar-refractivity contribution < 1.29 is 10.2 Å². The molecule has 1 atom stereocenters. The number of rotatable bonds is 2. The third-order valence-corrected chi connectivity index (χ3v) is 2.05. The van der Waals surface area contributed by atoms with E-state index in [0.717, 1.165) is 25.9 Å². The minimum atomic E-state index is -0.518. The normalized spacial score (nSPS) is 24.6. The van der Waals surface area contributed by atoms with Crippen LogP contribution >= 0.6 is 0 Å². The van der Waals surface area contributed by atoms with Crippen molar-refractivity contribution in [3.8, 4) is 0 Å². The first-order valence-corrected chi connectivity index (χ1v) is 3.76. The van der Waals surface area contributed by atoms with Crippen LogP contribution in [0.25, 0.3) is 0 Å². The highest BCUT2D eigenvalue weighted by atomic mass is 16.3. The number of piperidine rings is 1. The second kappa shape index (κ2) is 3.91. The van der Waals surface area contributed by atoms with Gasteiger partial charge in [-0.2, -0.15) is 0 Å². The summed E-state index contributed by atoms with van der Waals surface area (Å²) in [6.45, 7) is 1.59. The van der Waals surface area contributed by atoms with Crippen molar-refractivity contribution in [2.75, 3.05) is 19.7 Å². The molecule has 0 aliphatic carbocycles. The SMILES string of the molecule is OCC(O)C1CC[N]CC1. The topological polar surface area (TPSA) is 54.6 Å². The Labute approximate surface area is 61.1 Å². The van der Waals surface area contributed by atoms with Crippen LogP contribution in [0.2, 0.25) is 0 Å². The predicted molar refractivity (Wildman–Crippen MR) is 37.7 cm³/mol. The lowest BCUT2D eigenvalue weighted by Crippen LogP contribution is -2.32. The fraction of sp³-hybridized carbons (Fsp3) is 1.00. The molecule has 1 heterocycles. The fourth-order valence-electron chi connectivity index (χ4n) is 1.30. The third kappa shape index (κ3) is 1.94. The third-order valence-electron chi connectivity index (χ3n) is 2.05. The first-order chi connectivity index (χ1) is 4.84. The Morgan fingerprint density at radius 1 is 1.40 bits per heavy atom. The number of aliphatic hydroxyl groups excluding tert-OH is 2. The summed E-state index contributed by atoms with van der Waals surface area (Å²) in [6, 6.07) is 0. The van der Waals surface area contributed by atoms with Gasteiger partial charge in [0.05, 0.1) is 12.7 Å². The van der Waals surface area contributed by atoms with E-state index in [1.165, 1.54) is 0 Å². The largest absolute Gasteiger partial charge is 0.394 e. The quantitative estimate of drug-likeness (QED) is 0.541. The lowest BCUT2D eigenvalue weighted by atomic mass is 9.93. The Balaban J connectivity index is 2.24. The molecule has 1 unspecified atom stereocenters. The van der Waals surface area contributed by atoms with Crippen LogP contribution in [-0.2, 0) is 0 Å². The van der Waals surface area contributed by atoms with Crippen LogP contribution in [0.3, 0.4) is 0 Å². The van der Waals surface area contributed by atoms with E-state index in [9.17, 15) is 5.11 Å². The van der Waals surface area contributed by atoms with E-state index < -0.39 is 6.10 Å². The summed E-state index contributed by atoms with van der Waals surface area (Å²) in [4.78, 5) is 0. The smallest absolute Gasteiger partial charge is 0.0799 e. The van der Waals surface area contributed by atoms with Gasteiger partial charge < -0.3 is 10.2 Å². The number of nitrogens with zero attached hydrogens (tertiary/aromatic N) is 1. The first-order valence-electron chi connectivity index (χ1n) is 3.76. The number of aliphatic hydroxyl groups is 2. The summed E-state index contributed by atoms with van der Waals surface area (Å²) in [5.41, 5.74) is 0. The van der Waals surface area contributed by atoms with Gasteiger partial charge in [-0.1, -0.05) is 0 Å². The molecule has 2 N–H and O–H groups in total. The summed E-state index contributed by atoms with van der Waals surface area (Å²) < 4.78 is 0. The van der Waals surface area contributed by atoms with Gasteiger partial charge in [-0.05, 0) is 18.8 Å². The highest BCUT2D eigenvalue weighted by Crippen LogP contribution is 2.16. The Bertz CT molecular complexity index is 91.6. The zero-order chi connectivity index (χ0) is 7.40. The van der Waals surface area contributed by atoms with Gasteiger partial charge in [0, 0.05) is 13.1 Å². The summed E-state index contributed by atoms with van der Waals surface area (Å²) in [5, 5.41) is 21.9. The summed E-state index contributed by atoms with van der Waals surface area (Å²) in [7, 11) is 0. The molecule has 0 amide bonds. The van der Waals surface area contributed by atoms with E-state index in [2.05, 4.69) is 5.32 Å². The molecule has 10 heavy (non-hydrogen) atoms. The summed E-state index contributed by atoms with van der Waals surface area (Å²) in [6.07, 6.45) is 1.35. The maximum atomic E-state index is 9.19. The summed E-state index contributed by atoms with van der Waals surface area (Å²) >= 11 is 0. The zero-order valence-electron chi connectivity index (χ0n) is 6.03. The molecule has 0 aromatic heterocycles. The standard InChI is InChI=1S/C7H14NO2/c9-5-7(10)6-1-3-8-4-2-6/h6-7,9-10H,1-5H2. The van der Waals surface area contributed by atoms with Crippen LogP contribution < -0.4 is 5.32 Å². The molecule has 0 aromatic carbocycles. The van der Waals surface area contributed by atoms with E-state index >= 15 is 0 Å². The van der Waals surface area contributed by atoms with Crippen molar-refractivity contribution in [3.05, 3.63) is 0 Å². The maximum Gasteiger partial charge on any atom is 0.0799 e. The van der Waals surface area contributed by atoms with Crippen molar-refractivity contribution in [3.63, 3.8) is 0 Å². The second-order valence-corrected chi connectivity index (χ2v) is 2.76. The molecule has 0 saturated carbocycles. The molecule has 0 spiro atoms. The van der Waals surface area contributed by atoms with Crippen LogP contribution in [0.15, 0.2) is 0 Å². The Morgan fingerprint density at radius 3 is 2.50 bits per heavy atom. The molecule has 1 rings (SSSR count). The minimum Gasteiger partial charge on any atom is -0.394 e. The van der Waals surface area contributed by atoms with Crippen molar-refractivity contribution >= 4 is 0 Å². The molecule has 3 nitrogen and oxygen atoms in total. The van der Waals surface area contributed by atoms with Crippen molar-refractivity contribution in [2.24, 2.45) is 5.92 Å². The monoisotopic (exact) mass is 144 g/mol. The van der Waals surface area contributed by atoms with Gasteiger partial charge in [0.1, 0.15) is 0 Å². The second-order valence-electron chi connectivity index (χ2n) is 2.76. The van der Waals surface area contributed by atoms with E-state index in [-0.39, 0.29) is 12.5 Å². The van der Waals surface area contributed by atoms with E-state index in [1.807, 2.05) is 0 Å². The van der Waals surface area contributed by atoms with E-state index in [4.69, 9.17) is 5.11 Å². The molecule has 59 valence electrons. The van der Waals surface area contributed by atoms with Gasteiger partial charge in [-0.15, -0.1) is 0 Å². The Morgan fingerprint density at radius 2 is 2.00 bits per heavy atom. The van der Waals surface area contributed by atoms with Gasteiger partial charge in [0.15, 0.2) is 0 Å². The molecular weight excluding hydrogens is 130 g/mol. The average Bonchev–Trinajstić information content (AvgIpc) is 2.05. The zero-order valence-corrected chi connectivity index (χ0v) is 6.03. The summed E-state index contributed by atoms with van der Waals surface area (Å²) in [5.74, 6) is 0.280. The minimum absolute atomic E-state index is 0.106. The van der Waals surface area contributed by atoms with E-state index in [0.29, 0.717) is 0 Å². The molecule has 0 bridgehead atoms. The number of hydrogen-bond donors (Lipinski definition) is 2. The fourth-order valence-corrected chi connectivity index (χ4v) is 1.30. The van der Waals surface area contributed by atoms with Crippen LogP contribution in [0.1, 0.15) is 12.8 Å². The molecule has 1 saturated heterocycles. The predicted octanol–water partition coefficient (Wildman–Crippen LogP) is -0.646. The molecule has 0 aromatic rings. The van der Waals surface area contributed by atoms with Gasteiger partial charge in [-0.25, -0.2) is 5.32 Å². The van der Waals surface area contributed by atoms with Crippen LogP contribution in [-0.4, -0.2) is 36.0 Å². The first kappa shape index (κ1) is 7.98. The van der Waals surface area contributed by atoms with Gasteiger partial charge >= 0.3 is 0 Å². The van der Waals surface area contributed by atoms with Crippen LogP contribution in [0.5, 0.6) is 0 Å². The lowest BCUT2D eigenvalue weighted by molar-refractivity contribution is 0.0349. The molecule has 1 aliphatic rings.